The van der Waals surface area contributed by atoms with Crippen LogP contribution >= 0.6 is 0 Å². The van der Waals surface area contributed by atoms with Crippen molar-refractivity contribution in [3.05, 3.63) is 58.6 Å². The zero-order valence-electron chi connectivity index (χ0n) is 22.3. The largest absolute Gasteiger partial charge is 0.506 e. The van der Waals surface area contributed by atoms with Crippen LogP contribution in [0.15, 0.2) is 53.1 Å². The molecule has 38 heavy (non-hydrogen) atoms. The van der Waals surface area contributed by atoms with Gasteiger partial charge in [-0.1, -0.05) is 17.7 Å². The molecule has 0 saturated heterocycles. The number of anilines is 1. The molecule has 10 heteroatoms. The lowest BCUT2D eigenvalue weighted by Crippen LogP contribution is -2.42. The molecule has 0 saturated carbocycles. The lowest BCUT2D eigenvalue weighted by molar-refractivity contribution is -0.0946. The number of nitrogens with one attached hydrogen (secondary N) is 1. The summed E-state index contributed by atoms with van der Waals surface area (Å²) in [6.07, 6.45) is 0.918. The molecular formula is C28H40N2O8. The van der Waals surface area contributed by atoms with Gasteiger partial charge in [-0.05, 0) is 71.6 Å². The molecule has 210 valence electrons. The molecule has 1 aliphatic carbocycles. The van der Waals surface area contributed by atoms with Gasteiger partial charge >= 0.3 is 0 Å². The maximum absolute atomic E-state index is 13.5. The molecule has 3 rings (SSSR count). The number of nitrogens with zero attached hydrogens (tertiary/aromatic N) is 1. The highest BCUT2D eigenvalue weighted by atomic mass is 16.3. The number of hydrogen-bond acceptors (Lipinski definition) is 9. The van der Waals surface area contributed by atoms with Crippen molar-refractivity contribution in [2.45, 2.75) is 89.3 Å². The lowest BCUT2D eigenvalue weighted by Gasteiger charge is -2.32. The number of fused-ring (bicyclic) bond motifs is 1. The Labute approximate surface area is 222 Å². The second-order valence-corrected chi connectivity index (χ2v) is 11.1. The number of carbonyl (C=O) groups is 1. The standard InChI is InChI=1S/C28H40N2O8/c1-16(8-9-23(35)28(4,38)12-10-22(34)27(2,3)37)11-13-30-19-14-17(31)15-21(33)25(19)29-24-18(26(30)36)6-5-7-20(24)32/h5-7,11,15,17,22-23,29,31-35,37-38H,8-10,12-14H2,1-4H3/b16-11+. The predicted molar refractivity (Wildman–Crippen MR) is 142 cm³/mol. The van der Waals surface area contributed by atoms with Crippen molar-refractivity contribution >= 4 is 11.6 Å². The summed E-state index contributed by atoms with van der Waals surface area (Å²) < 4.78 is 0. The van der Waals surface area contributed by atoms with Gasteiger partial charge in [0, 0.05) is 13.0 Å². The van der Waals surface area contributed by atoms with Crippen LogP contribution in [0.2, 0.25) is 0 Å². The molecule has 0 fully saturated rings. The smallest absolute Gasteiger partial charge is 0.260 e. The minimum absolute atomic E-state index is 0.0812. The predicted octanol–water partition coefficient (Wildman–Crippen LogP) is 2.43. The highest BCUT2D eigenvalue weighted by molar-refractivity contribution is 6.03. The second kappa shape index (κ2) is 11.5. The van der Waals surface area contributed by atoms with E-state index in [1.54, 1.807) is 18.2 Å². The molecule has 0 spiro atoms. The Balaban J connectivity index is 1.73. The van der Waals surface area contributed by atoms with Crippen molar-refractivity contribution in [1.29, 1.82) is 0 Å². The molecule has 1 aromatic carbocycles. The van der Waals surface area contributed by atoms with Crippen LogP contribution in [0, 0.1) is 0 Å². The van der Waals surface area contributed by atoms with Gasteiger partial charge in [0.1, 0.15) is 17.2 Å². The summed E-state index contributed by atoms with van der Waals surface area (Å²) in [4.78, 5) is 14.9. The Bertz CT molecular complexity index is 1130. The minimum atomic E-state index is -1.47. The molecule has 8 N–H and O–H groups in total. The molecule has 0 aromatic heterocycles. The maximum atomic E-state index is 13.5. The Morgan fingerprint density at radius 1 is 1.16 bits per heavy atom. The van der Waals surface area contributed by atoms with E-state index in [9.17, 15) is 40.5 Å². The first-order chi connectivity index (χ1) is 17.6. The number of aromatic hydroxyl groups is 1. The third-order valence-corrected chi connectivity index (χ3v) is 7.28. The average molecular weight is 533 g/mol. The Hall–Kier alpha value is -2.89. The molecule has 4 unspecified atom stereocenters. The number of aliphatic hydroxyl groups excluding tert-OH is 4. The number of hydrogen-bond donors (Lipinski definition) is 8. The second-order valence-electron chi connectivity index (χ2n) is 11.1. The first-order valence-electron chi connectivity index (χ1n) is 12.8. The Kier molecular flexibility index (Phi) is 8.95. The fourth-order valence-electron chi connectivity index (χ4n) is 4.56. The summed E-state index contributed by atoms with van der Waals surface area (Å²) in [6.45, 7) is 6.40. The van der Waals surface area contributed by atoms with Gasteiger partial charge in [0.15, 0.2) is 0 Å². The van der Waals surface area contributed by atoms with Gasteiger partial charge in [-0.25, -0.2) is 0 Å². The molecule has 1 heterocycles. The number of phenols is 1. The van der Waals surface area contributed by atoms with Crippen LogP contribution in [0.5, 0.6) is 5.75 Å². The number of rotatable bonds is 10. The van der Waals surface area contributed by atoms with Gasteiger partial charge in [-0.15, -0.1) is 0 Å². The van der Waals surface area contributed by atoms with Gasteiger partial charge in [-0.3, -0.25) is 4.79 Å². The summed E-state index contributed by atoms with van der Waals surface area (Å²) in [5, 5.41) is 75.3. The van der Waals surface area contributed by atoms with E-state index in [-0.39, 0.29) is 60.7 Å². The van der Waals surface area contributed by atoms with Crippen molar-refractivity contribution < 1.29 is 40.5 Å². The first kappa shape index (κ1) is 29.7. The molecule has 1 aliphatic heterocycles. The van der Waals surface area contributed by atoms with Crippen LogP contribution < -0.4 is 5.32 Å². The van der Waals surface area contributed by atoms with Crippen molar-refractivity contribution in [2.24, 2.45) is 0 Å². The van der Waals surface area contributed by atoms with Crippen LogP contribution in [0.3, 0.4) is 0 Å². The minimum Gasteiger partial charge on any atom is -0.506 e. The Morgan fingerprint density at radius 2 is 1.84 bits per heavy atom. The number of aliphatic hydroxyl groups is 6. The van der Waals surface area contributed by atoms with Crippen molar-refractivity contribution in [3.63, 3.8) is 0 Å². The molecule has 1 amide bonds. The number of carbonyl (C=O) groups excluding carboxylic acids is 1. The van der Waals surface area contributed by atoms with Gasteiger partial charge in [0.05, 0.1) is 46.5 Å². The SMILES string of the molecule is C/C(=C\CN1C(=O)c2cccc(O)c2NC2=C1CC(O)C=C2O)CCC(O)C(C)(O)CCC(O)C(C)(C)O. The van der Waals surface area contributed by atoms with Crippen LogP contribution in [-0.2, 0) is 0 Å². The molecule has 4 atom stereocenters. The summed E-state index contributed by atoms with van der Waals surface area (Å²) in [7, 11) is 0. The van der Waals surface area contributed by atoms with Crippen LogP contribution in [0.25, 0.3) is 0 Å². The van der Waals surface area contributed by atoms with Crippen LogP contribution in [-0.4, -0.2) is 82.6 Å². The normalized spacial score (nSPS) is 21.6. The fourth-order valence-corrected chi connectivity index (χ4v) is 4.56. The van der Waals surface area contributed by atoms with Crippen LogP contribution in [0.4, 0.5) is 5.69 Å². The molecule has 0 radical (unpaired) electrons. The van der Waals surface area contributed by atoms with E-state index in [2.05, 4.69) is 5.32 Å². The van der Waals surface area contributed by atoms with Gasteiger partial charge in [0.2, 0.25) is 0 Å². The van der Waals surface area contributed by atoms with E-state index >= 15 is 0 Å². The third-order valence-electron chi connectivity index (χ3n) is 7.28. The topological polar surface area (TPSA) is 174 Å². The van der Waals surface area contributed by atoms with E-state index in [4.69, 9.17) is 0 Å². The Morgan fingerprint density at radius 3 is 2.50 bits per heavy atom. The van der Waals surface area contributed by atoms with E-state index in [0.717, 1.165) is 5.57 Å². The number of amides is 1. The highest BCUT2D eigenvalue weighted by Crippen LogP contribution is 2.38. The molecule has 1 aromatic rings. The van der Waals surface area contributed by atoms with Crippen molar-refractivity contribution in [3.8, 4) is 5.75 Å². The van der Waals surface area contributed by atoms with E-state index < -0.39 is 35.4 Å². The zero-order valence-corrected chi connectivity index (χ0v) is 22.3. The zero-order chi connectivity index (χ0) is 28.4. The molecule has 2 aliphatic rings. The summed E-state index contributed by atoms with van der Waals surface area (Å²) in [5.74, 6) is -0.785. The van der Waals surface area contributed by atoms with Gasteiger partial charge in [-0.2, -0.15) is 0 Å². The van der Waals surface area contributed by atoms with Gasteiger partial charge in [0.25, 0.3) is 5.91 Å². The average Bonchev–Trinajstić information content (AvgIpc) is 2.94. The highest BCUT2D eigenvalue weighted by Gasteiger charge is 2.35. The third kappa shape index (κ3) is 6.75. The lowest BCUT2D eigenvalue weighted by atomic mass is 9.86. The molecule has 10 nitrogen and oxygen atoms in total. The van der Waals surface area contributed by atoms with Crippen molar-refractivity contribution in [1.82, 2.24) is 4.90 Å². The summed E-state index contributed by atoms with van der Waals surface area (Å²) >= 11 is 0. The summed E-state index contributed by atoms with van der Waals surface area (Å²) in [5.41, 5.74) is -0.930. The van der Waals surface area contributed by atoms with E-state index in [1.165, 1.54) is 37.8 Å². The van der Waals surface area contributed by atoms with Gasteiger partial charge < -0.3 is 46.0 Å². The monoisotopic (exact) mass is 532 g/mol. The number of allylic oxidation sites excluding steroid dienone is 1. The quantitative estimate of drug-likeness (QED) is 0.166. The van der Waals surface area contributed by atoms with Crippen LogP contribution in [0.1, 0.15) is 70.2 Å². The molecule has 0 bridgehead atoms. The fraction of sp³-hybridized carbons (Fsp3) is 0.536. The van der Waals surface area contributed by atoms with E-state index in [0.29, 0.717) is 12.1 Å². The van der Waals surface area contributed by atoms with E-state index in [1.807, 2.05) is 6.92 Å². The number of phenolic OH excluding ortho intramolecular Hbond substituents is 1. The number of benzene rings is 1. The number of para-hydroxylation sites is 1. The molecular weight excluding hydrogens is 492 g/mol. The van der Waals surface area contributed by atoms with Crippen molar-refractivity contribution in [2.75, 3.05) is 11.9 Å². The maximum Gasteiger partial charge on any atom is 0.260 e. The summed E-state index contributed by atoms with van der Waals surface area (Å²) in [6, 6.07) is 4.55. The first-order valence-corrected chi connectivity index (χ1v) is 12.8.